The number of aryl methyl sites for hydroxylation is 1. The van der Waals surface area contributed by atoms with E-state index in [1.165, 1.54) is 5.56 Å². The van der Waals surface area contributed by atoms with Crippen LogP contribution >= 0.6 is 0 Å². The van der Waals surface area contributed by atoms with Crippen molar-refractivity contribution in [1.29, 1.82) is 0 Å². The Kier molecular flexibility index (Phi) is 1.78. The van der Waals surface area contributed by atoms with Crippen molar-refractivity contribution in [3.63, 3.8) is 0 Å². The summed E-state index contributed by atoms with van der Waals surface area (Å²) in [5, 5.41) is 1.09. The molecule has 0 atom stereocenters. The van der Waals surface area contributed by atoms with Crippen molar-refractivity contribution in [3.05, 3.63) is 30.0 Å². The van der Waals surface area contributed by atoms with E-state index in [0.717, 1.165) is 41.8 Å². The predicted molar refractivity (Wildman–Crippen MR) is 60.0 cm³/mol. The van der Waals surface area contributed by atoms with Gasteiger partial charge in [-0.25, -0.2) is 0 Å². The van der Waals surface area contributed by atoms with E-state index in [1.807, 2.05) is 18.3 Å². The number of anilines is 1. The zero-order valence-corrected chi connectivity index (χ0v) is 8.36. The summed E-state index contributed by atoms with van der Waals surface area (Å²) in [6.45, 7) is 0.772. The van der Waals surface area contributed by atoms with Crippen molar-refractivity contribution < 1.29 is 4.74 Å². The van der Waals surface area contributed by atoms with Crippen molar-refractivity contribution in [1.82, 2.24) is 4.98 Å². The predicted octanol–water partition coefficient (Wildman–Crippen LogP) is 2.14. The highest BCUT2D eigenvalue weighted by molar-refractivity contribution is 5.96. The molecule has 0 bridgehead atoms. The van der Waals surface area contributed by atoms with Gasteiger partial charge in [0, 0.05) is 11.6 Å². The fraction of sp³-hybridized carbons (Fsp3) is 0.250. The Hall–Kier alpha value is -1.77. The molecule has 1 aromatic carbocycles. The van der Waals surface area contributed by atoms with Gasteiger partial charge in [0.1, 0.15) is 5.75 Å². The zero-order valence-electron chi connectivity index (χ0n) is 8.36. The summed E-state index contributed by atoms with van der Waals surface area (Å²) in [5.41, 5.74) is 8.79. The molecule has 3 nitrogen and oxygen atoms in total. The monoisotopic (exact) mass is 200 g/mol. The number of rotatable bonds is 0. The molecule has 0 fully saturated rings. The largest absolute Gasteiger partial charge is 0.493 e. The lowest BCUT2D eigenvalue weighted by Gasteiger charge is -2.08. The van der Waals surface area contributed by atoms with Gasteiger partial charge in [0.15, 0.2) is 0 Å². The van der Waals surface area contributed by atoms with E-state index in [9.17, 15) is 0 Å². The fourth-order valence-corrected chi connectivity index (χ4v) is 2.10. The van der Waals surface area contributed by atoms with Crippen LogP contribution in [0, 0.1) is 0 Å². The van der Waals surface area contributed by atoms with Crippen LogP contribution in [0.25, 0.3) is 10.9 Å². The lowest BCUT2D eigenvalue weighted by Crippen LogP contribution is -1.95. The second-order valence-corrected chi connectivity index (χ2v) is 3.80. The van der Waals surface area contributed by atoms with Gasteiger partial charge in [-0.15, -0.1) is 0 Å². The summed E-state index contributed by atoms with van der Waals surface area (Å²) < 4.78 is 5.68. The third-order valence-corrected chi connectivity index (χ3v) is 2.82. The molecule has 3 heteroatoms. The Morgan fingerprint density at radius 1 is 1.27 bits per heavy atom. The molecule has 1 aliphatic rings. The summed E-state index contributed by atoms with van der Waals surface area (Å²) in [6, 6.07) is 5.86. The average Bonchev–Trinajstić information content (AvgIpc) is 2.47. The molecule has 0 radical (unpaired) electrons. The minimum absolute atomic E-state index is 0.723. The van der Waals surface area contributed by atoms with Crippen LogP contribution in [0.4, 0.5) is 5.69 Å². The van der Waals surface area contributed by atoms with Crippen LogP contribution in [-0.2, 0) is 6.42 Å². The van der Waals surface area contributed by atoms with Gasteiger partial charge in [0.25, 0.3) is 0 Å². The molecule has 0 spiro atoms. The Bertz CT molecular complexity index is 510. The summed E-state index contributed by atoms with van der Waals surface area (Å²) >= 11 is 0. The first kappa shape index (κ1) is 8.53. The van der Waals surface area contributed by atoms with Gasteiger partial charge >= 0.3 is 0 Å². The molecule has 0 saturated heterocycles. The van der Waals surface area contributed by atoms with Crippen molar-refractivity contribution >= 4 is 16.6 Å². The van der Waals surface area contributed by atoms with Gasteiger partial charge in [-0.3, -0.25) is 4.98 Å². The third kappa shape index (κ3) is 1.23. The molecule has 2 N–H and O–H groups in total. The third-order valence-electron chi connectivity index (χ3n) is 2.82. The van der Waals surface area contributed by atoms with Crippen molar-refractivity contribution in [2.24, 2.45) is 0 Å². The minimum atomic E-state index is 0.723. The molecule has 0 amide bonds. The molecular weight excluding hydrogens is 188 g/mol. The molecule has 1 aromatic heterocycles. The molecule has 2 aromatic rings. The highest BCUT2D eigenvalue weighted by Gasteiger charge is 2.13. The van der Waals surface area contributed by atoms with Gasteiger partial charge < -0.3 is 10.5 Å². The van der Waals surface area contributed by atoms with E-state index in [1.54, 1.807) is 0 Å². The number of nitrogen functional groups attached to an aromatic ring is 1. The molecule has 0 saturated carbocycles. The maximum absolute atomic E-state index is 5.91. The van der Waals surface area contributed by atoms with Crippen molar-refractivity contribution in [3.8, 4) is 5.75 Å². The smallest absolute Gasteiger partial charge is 0.129 e. The van der Waals surface area contributed by atoms with E-state index in [4.69, 9.17) is 10.5 Å². The van der Waals surface area contributed by atoms with Gasteiger partial charge in [-0.1, -0.05) is 0 Å². The molecule has 2 heterocycles. The second kappa shape index (κ2) is 3.12. The van der Waals surface area contributed by atoms with Crippen molar-refractivity contribution in [2.75, 3.05) is 12.3 Å². The summed E-state index contributed by atoms with van der Waals surface area (Å²) in [6.07, 6.45) is 3.91. The van der Waals surface area contributed by atoms with Gasteiger partial charge in [-0.05, 0) is 36.6 Å². The van der Waals surface area contributed by atoms with E-state index >= 15 is 0 Å². The van der Waals surface area contributed by atoms with E-state index in [0.29, 0.717) is 0 Å². The van der Waals surface area contributed by atoms with Crippen LogP contribution < -0.4 is 10.5 Å². The van der Waals surface area contributed by atoms with E-state index in [2.05, 4.69) is 11.1 Å². The van der Waals surface area contributed by atoms with Crippen LogP contribution in [0.2, 0.25) is 0 Å². The quantitative estimate of drug-likeness (QED) is 0.663. The lowest BCUT2D eigenvalue weighted by atomic mass is 10.0. The number of hydrogen-bond donors (Lipinski definition) is 1. The van der Waals surface area contributed by atoms with E-state index in [-0.39, 0.29) is 0 Å². The summed E-state index contributed by atoms with van der Waals surface area (Å²) in [4.78, 5) is 4.32. The molecule has 0 unspecified atom stereocenters. The zero-order chi connectivity index (χ0) is 10.3. The minimum Gasteiger partial charge on any atom is -0.493 e. The number of nitrogens with two attached hydrogens (primary N) is 1. The van der Waals surface area contributed by atoms with Gasteiger partial charge in [0.05, 0.1) is 17.8 Å². The Morgan fingerprint density at radius 2 is 2.20 bits per heavy atom. The number of pyridine rings is 1. The first-order valence-electron chi connectivity index (χ1n) is 5.15. The highest BCUT2D eigenvalue weighted by atomic mass is 16.5. The normalized spacial score (nSPS) is 14.7. The fourth-order valence-electron chi connectivity index (χ4n) is 2.10. The van der Waals surface area contributed by atoms with Crippen LogP contribution in [0.1, 0.15) is 12.0 Å². The molecule has 76 valence electrons. The van der Waals surface area contributed by atoms with Crippen LogP contribution in [0.3, 0.4) is 0 Å². The van der Waals surface area contributed by atoms with Gasteiger partial charge in [-0.2, -0.15) is 0 Å². The maximum Gasteiger partial charge on any atom is 0.129 e. The van der Waals surface area contributed by atoms with Crippen molar-refractivity contribution in [2.45, 2.75) is 12.8 Å². The number of nitrogens with zero attached hydrogens (tertiary/aromatic N) is 1. The summed E-state index contributed by atoms with van der Waals surface area (Å²) in [7, 11) is 0. The average molecular weight is 200 g/mol. The number of ether oxygens (including phenoxy) is 1. The number of benzene rings is 1. The topological polar surface area (TPSA) is 48.1 Å². The second-order valence-electron chi connectivity index (χ2n) is 3.80. The Morgan fingerprint density at radius 3 is 3.13 bits per heavy atom. The first-order chi connectivity index (χ1) is 7.36. The van der Waals surface area contributed by atoms with E-state index < -0.39 is 0 Å². The maximum atomic E-state index is 5.91. The number of hydrogen-bond acceptors (Lipinski definition) is 3. The SMILES string of the molecule is Nc1ccc2c3c(ccnc13)CCCO2. The number of aromatic nitrogens is 1. The lowest BCUT2D eigenvalue weighted by molar-refractivity contribution is 0.319. The van der Waals surface area contributed by atoms with Gasteiger partial charge in [0.2, 0.25) is 0 Å². The first-order valence-corrected chi connectivity index (χ1v) is 5.15. The summed E-state index contributed by atoms with van der Waals surface area (Å²) in [5.74, 6) is 0.916. The Balaban J connectivity index is 2.44. The Labute approximate surface area is 87.9 Å². The molecule has 15 heavy (non-hydrogen) atoms. The highest BCUT2D eigenvalue weighted by Crippen LogP contribution is 2.33. The molecule has 3 rings (SSSR count). The van der Waals surface area contributed by atoms with Crippen LogP contribution in [-0.4, -0.2) is 11.6 Å². The molecule has 1 aliphatic heterocycles. The van der Waals surface area contributed by atoms with Crippen LogP contribution in [0.15, 0.2) is 24.4 Å². The van der Waals surface area contributed by atoms with Crippen LogP contribution in [0.5, 0.6) is 5.75 Å². The molecular formula is C12H12N2O. The standard InChI is InChI=1S/C12H12N2O/c13-9-3-4-10-11-8(2-1-7-15-10)5-6-14-12(9)11/h3-6H,1-2,7,13H2. The molecule has 0 aliphatic carbocycles.